The summed E-state index contributed by atoms with van der Waals surface area (Å²) >= 11 is 0. The highest BCUT2D eigenvalue weighted by atomic mass is 32.2. The zero-order valence-corrected chi connectivity index (χ0v) is 11.8. The van der Waals surface area contributed by atoms with Crippen LogP contribution in [0.15, 0.2) is 23.5 Å². The van der Waals surface area contributed by atoms with Gasteiger partial charge in [0.2, 0.25) is 20.0 Å². The van der Waals surface area contributed by atoms with Gasteiger partial charge >= 0.3 is 5.97 Å². The predicted molar refractivity (Wildman–Crippen MR) is 67.7 cm³/mol. The van der Waals surface area contributed by atoms with Crippen molar-refractivity contribution in [2.24, 2.45) is 0 Å². The van der Waals surface area contributed by atoms with Crippen molar-refractivity contribution in [3.05, 3.63) is 23.5 Å². The SMILES string of the molecule is C=CS(=O)(=O)NCC1(OC(C)=O)C=CS(=O)(=O)NC1. The van der Waals surface area contributed by atoms with Crippen LogP contribution in [0.5, 0.6) is 0 Å². The number of sulfonamides is 2. The van der Waals surface area contributed by atoms with Gasteiger partial charge in [-0.05, 0) is 6.08 Å². The molecule has 108 valence electrons. The summed E-state index contributed by atoms with van der Waals surface area (Å²) in [7, 11) is -7.28. The first-order valence-electron chi connectivity index (χ1n) is 5.10. The molecule has 1 aliphatic heterocycles. The third-order valence-corrected chi connectivity index (χ3v) is 4.29. The Kier molecular flexibility index (Phi) is 4.50. The van der Waals surface area contributed by atoms with Crippen LogP contribution < -0.4 is 9.44 Å². The van der Waals surface area contributed by atoms with Crippen LogP contribution in [0, 0.1) is 0 Å². The first-order chi connectivity index (χ1) is 8.60. The first kappa shape index (κ1) is 15.8. The van der Waals surface area contributed by atoms with Gasteiger partial charge < -0.3 is 4.74 Å². The number of hydrogen-bond donors (Lipinski definition) is 2. The van der Waals surface area contributed by atoms with Crippen molar-refractivity contribution in [2.45, 2.75) is 12.5 Å². The molecule has 10 heteroatoms. The number of ether oxygens (including phenoxy) is 1. The molecular formula is C9H14N2O6S2. The van der Waals surface area contributed by atoms with Gasteiger partial charge in [0.25, 0.3) is 0 Å². The Morgan fingerprint density at radius 3 is 2.68 bits per heavy atom. The molecule has 1 heterocycles. The van der Waals surface area contributed by atoms with E-state index in [-0.39, 0.29) is 13.1 Å². The number of hydrogen-bond acceptors (Lipinski definition) is 6. The molecule has 0 aromatic rings. The van der Waals surface area contributed by atoms with Gasteiger partial charge in [-0.2, -0.15) is 0 Å². The second-order valence-electron chi connectivity index (χ2n) is 3.86. The van der Waals surface area contributed by atoms with Crippen LogP contribution in [0.25, 0.3) is 0 Å². The van der Waals surface area contributed by atoms with Gasteiger partial charge in [0.15, 0.2) is 5.60 Å². The maximum absolute atomic E-state index is 11.3. The molecule has 1 aliphatic rings. The minimum atomic E-state index is -3.71. The number of nitrogens with one attached hydrogen (secondary N) is 2. The Morgan fingerprint density at radius 2 is 2.26 bits per heavy atom. The number of esters is 1. The number of carbonyl (C=O) groups excluding carboxylic acids is 1. The average Bonchev–Trinajstić information content (AvgIpc) is 2.30. The van der Waals surface area contributed by atoms with Gasteiger partial charge in [-0.25, -0.2) is 26.3 Å². The zero-order chi connectivity index (χ0) is 14.7. The Balaban J connectivity index is 2.96. The van der Waals surface area contributed by atoms with Crippen LogP contribution in [0.3, 0.4) is 0 Å². The van der Waals surface area contributed by atoms with E-state index in [0.29, 0.717) is 5.41 Å². The lowest BCUT2D eigenvalue weighted by molar-refractivity contribution is -0.151. The Hall–Kier alpha value is -1.23. The summed E-state index contributed by atoms with van der Waals surface area (Å²) in [6.07, 6.45) is 1.13. The van der Waals surface area contributed by atoms with E-state index in [1.165, 1.54) is 0 Å². The fourth-order valence-corrected chi connectivity index (χ4v) is 2.87. The molecule has 0 fully saturated rings. The van der Waals surface area contributed by atoms with Crippen molar-refractivity contribution < 1.29 is 26.4 Å². The van der Waals surface area contributed by atoms with Crippen LogP contribution >= 0.6 is 0 Å². The lowest BCUT2D eigenvalue weighted by Crippen LogP contribution is -2.53. The fourth-order valence-electron chi connectivity index (χ4n) is 1.34. The topological polar surface area (TPSA) is 119 Å². The third kappa shape index (κ3) is 4.74. The maximum Gasteiger partial charge on any atom is 0.303 e. The summed E-state index contributed by atoms with van der Waals surface area (Å²) in [5, 5.41) is 1.52. The zero-order valence-electron chi connectivity index (χ0n) is 10.1. The molecule has 0 aliphatic carbocycles. The summed E-state index contributed by atoms with van der Waals surface area (Å²) in [5.41, 5.74) is -1.40. The van der Waals surface area contributed by atoms with Crippen LogP contribution in [0.1, 0.15) is 6.92 Å². The summed E-state index contributed by atoms with van der Waals surface area (Å²) < 4.78 is 54.2. The standard InChI is InChI=1S/C9H14N2O6S2/c1-3-18(13,14)10-6-9(17-8(2)12)4-5-19(15,16)11-7-9/h3-5,10-11H,1,6-7H2,2H3. The number of rotatable bonds is 5. The van der Waals surface area contributed by atoms with E-state index in [2.05, 4.69) is 16.0 Å². The molecule has 1 rings (SSSR count). The van der Waals surface area contributed by atoms with E-state index in [4.69, 9.17) is 4.74 Å². The normalized spacial score (nSPS) is 25.7. The Labute approximate surface area is 111 Å². The molecule has 0 saturated heterocycles. The molecule has 0 spiro atoms. The third-order valence-electron chi connectivity index (χ3n) is 2.26. The lowest BCUT2D eigenvalue weighted by atomic mass is 10.1. The maximum atomic E-state index is 11.3. The van der Waals surface area contributed by atoms with Gasteiger partial charge in [0.05, 0.1) is 13.1 Å². The molecule has 0 bridgehead atoms. The van der Waals surface area contributed by atoms with Crippen LogP contribution in [-0.4, -0.2) is 41.5 Å². The van der Waals surface area contributed by atoms with Crippen molar-refractivity contribution in [3.8, 4) is 0 Å². The van der Waals surface area contributed by atoms with Crippen molar-refractivity contribution in [1.29, 1.82) is 0 Å². The molecule has 0 amide bonds. The monoisotopic (exact) mass is 310 g/mol. The van der Waals surface area contributed by atoms with Gasteiger partial charge in [0, 0.05) is 17.7 Å². The summed E-state index contributed by atoms with van der Waals surface area (Å²) in [6, 6.07) is 0. The highest BCUT2D eigenvalue weighted by Gasteiger charge is 2.36. The Morgan fingerprint density at radius 1 is 1.63 bits per heavy atom. The van der Waals surface area contributed by atoms with Gasteiger partial charge in [-0.1, -0.05) is 6.58 Å². The van der Waals surface area contributed by atoms with E-state index in [1.807, 2.05) is 0 Å². The largest absolute Gasteiger partial charge is 0.452 e. The molecule has 0 aromatic heterocycles. The molecule has 1 unspecified atom stereocenters. The highest BCUT2D eigenvalue weighted by molar-refractivity contribution is 7.92. The quantitative estimate of drug-likeness (QED) is 0.616. The smallest absolute Gasteiger partial charge is 0.303 e. The molecule has 2 N–H and O–H groups in total. The average molecular weight is 310 g/mol. The molecule has 0 radical (unpaired) electrons. The fraction of sp³-hybridized carbons (Fsp3) is 0.444. The van der Waals surface area contributed by atoms with E-state index in [9.17, 15) is 21.6 Å². The lowest BCUT2D eigenvalue weighted by Gasteiger charge is -2.32. The minimum absolute atomic E-state index is 0.259. The molecule has 19 heavy (non-hydrogen) atoms. The highest BCUT2D eigenvalue weighted by Crippen LogP contribution is 2.17. The van der Waals surface area contributed by atoms with Gasteiger partial charge in [0.1, 0.15) is 0 Å². The Bertz CT molecular complexity index is 607. The number of carbonyl (C=O) groups is 1. The first-order valence-corrected chi connectivity index (χ1v) is 8.20. The van der Waals surface area contributed by atoms with Gasteiger partial charge in [-0.15, -0.1) is 0 Å². The molecule has 0 aromatic carbocycles. The summed E-state index contributed by atoms with van der Waals surface area (Å²) in [6.45, 7) is 3.69. The minimum Gasteiger partial charge on any atom is -0.452 e. The second-order valence-corrected chi connectivity index (χ2v) is 7.22. The van der Waals surface area contributed by atoms with Crippen molar-refractivity contribution in [3.63, 3.8) is 0 Å². The van der Waals surface area contributed by atoms with E-state index < -0.39 is 31.6 Å². The van der Waals surface area contributed by atoms with Crippen molar-refractivity contribution in [1.82, 2.24) is 9.44 Å². The van der Waals surface area contributed by atoms with Crippen molar-refractivity contribution in [2.75, 3.05) is 13.1 Å². The van der Waals surface area contributed by atoms with E-state index >= 15 is 0 Å². The van der Waals surface area contributed by atoms with Crippen LogP contribution in [0.2, 0.25) is 0 Å². The van der Waals surface area contributed by atoms with Crippen LogP contribution in [0.4, 0.5) is 0 Å². The van der Waals surface area contributed by atoms with Crippen LogP contribution in [-0.2, 0) is 29.6 Å². The molecular weight excluding hydrogens is 296 g/mol. The summed E-state index contributed by atoms with van der Waals surface area (Å²) in [5.74, 6) is -0.663. The van der Waals surface area contributed by atoms with Crippen molar-refractivity contribution >= 4 is 26.0 Å². The van der Waals surface area contributed by atoms with E-state index in [1.54, 1.807) is 0 Å². The predicted octanol–water partition coefficient (Wildman–Crippen LogP) is -1.20. The summed E-state index contributed by atoms with van der Waals surface area (Å²) in [4.78, 5) is 11.0. The molecule has 0 saturated carbocycles. The second kappa shape index (κ2) is 5.41. The molecule has 1 atom stereocenters. The van der Waals surface area contributed by atoms with E-state index in [0.717, 1.165) is 18.4 Å². The molecule has 8 nitrogen and oxygen atoms in total. The van der Waals surface area contributed by atoms with Gasteiger partial charge in [-0.3, -0.25) is 4.79 Å².